The van der Waals surface area contributed by atoms with Crippen molar-refractivity contribution in [1.29, 1.82) is 5.26 Å². The molecule has 3 aromatic rings. The van der Waals surface area contributed by atoms with Crippen LogP contribution in [0.25, 0.3) is 17.4 Å². The maximum absolute atomic E-state index is 12.3. The zero-order valence-corrected chi connectivity index (χ0v) is 15.3. The second-order valence-corrected chi connectivity index (χ2v) is 5.86. The minimum atomic E-state index is -0.578. The van der Waals surface area contributed by atoms with Gasteiger partial charge in [0.1, 0.15) is 28.9 Å². The van der Waals surface area contributed by atoms with Crippen molar-refractivity contribution in [2.45, 2.75) is 0 Å². The fraction of sp³-hybridized carbons (Fsp3) is 0.0476. The molecule has 8 nitrogen and oxygen atoms in total. The number of nitro groups is 1. The maximum Gasteiger partial charge on any atom is 0.269 e. The molecule has 1 heterocycles. The SMILES string of the molecule is COc1ccc(NC(=O)C(C#N)=Cc2ccc(-c3ccc([N+](=O)[O-])cc3)o2)cc1. The molecule has 0 radical (unpaired) electrons. The third-order valence-electron chi connectivity index (χ3n) is 3.99. The molecular formula is C21H15N3O5. The number of anilines is 1. The molecule has 0 atom stereocenters. The Hall–Kier alpha value is -4.38. The molecule has 1 aromatic heterocycles. The Morgan fingerprint density at radius 3 is 2.41 bits per heavy atom. The first-order chi connectivity index (χ1) is 14.0. The number of nitro benzene ring substituents is 1. The van der Waals surface area contributed by atoms with Crippen molar-refractivity contribution in [3.8, 4) is 23.1 Å². The summed E-state index contributed by atoms with van der Waals surface area (Å²) < 4.78 is 10.7. The van der Waals surface area contributed by atoms with Crippen LogP contribution < -0.4 is 10.1 Å². The Morgan fingerprint density at radius 2 is 1.83 bits per heavy atom. The smallest absolute Gasteiger partial charge is 0.269 e. The topological polar surface area (TPSA) is 118 Å². The molecule has 1 amide bonds. The monoisotopic (exact) mass is 389 g/mol. The number of nitriles is 1. The normalized spacial score (nSPS) is 10.8. The van der Waals surface area contributed by atoms with Gasteiger partial charge in [-0.2, -0.15) is 5.26 Å². The van der Waals surface area contributed by atoms with Crippen molar-refractivity contribution in [3.63, 3.8) is 0 Å². The lowest BCUT2D eigenvalue weighted by Gasteiger charge is -2.05. The molecule has 144 valence electrons. The van der Waals surface area contributed by atoms with E-state index in [0.717, 1.165) is 0 Å². The number of nitrogens with one attached hydrogen (secondary N) is 1. The average molecular weight is 389 g/mol. The first-order valence-electron chi connectivity index (χ1n) is 8.42. The second kappa shape index (κ2) is 8.54. The summed E-state index contributed by atoms with van der Waals surface area (Å²) in [7, 11) is 1.54. The maximum atomic E-state index is 12.3. The number of amides is 1. The minimum Gasteiger partial charge on any atom is -0.497 e. The van der Waals surface area contributed by atoms with Gasteiger partial charge < -0.3 is 14.5 Å². The highest BCUT2D eigenvalue weighted by molar-refractivity contribution is 6.09. The van der Waals surface area contributed by atoms with Gasteiger partial charge in [0.2, 0.25) is 0 Å². The Labute approximate surface area is 165 Å². The number of nitrogens with zero attached hydrogens (tertiary/aromatic N) is 2. The summed E-state index contributed by atoms with van der Waals surface area (Å²) in [5.74, 6) is 0.832. The van der Waals surface area contributed by atoms with Crippen LogP contribution in [0.4, 0.5) is 11.4 Å². The predicted octanol–water partition coefficient (Wildman–Crippen LogP) is 4.41. The van der Waals surface area contributed by atoms with E-state index in [1.54, 1.807) is 55.6 Å². The lowest BCUT2D eigenvalue weighted by molar-refractivity contribution is -0.384. The van der Waals surface area contributed by atoms with Crippen molar-refractivity contribution in [2.24, 2.45) is 0 Å². The molecule has 1 N–H and O–H groups in total. The van der Waals surface area contributed by atoms with E-state index in [-0.39, 0.29) is 11.3 Å². The highest BCUT2D eigenvalue weighted by Crippen LogP contribution is 2.25. The van der Waals surface area contributed by atoms with Gasteiger partial charge in [-0.15, -0.1) is 0 Å². The average Bonchev–Trinajstić information content (AvgIpc) is 3.21. The lowest BCUT2D eigenvalue weighted by atomic mass is 10.1. The summed E-state index contributed by atoms with van der Waals surface area (Å²) in [6.07, 6.45) is 1.33. The van der Waals surface area contributed by atoms with Crippen molar-refractivity contribution in [2.75, 3.05) is 12.4 Å². The minimum absolute atomic E-state index is 0.0256. The number of hydrogen-bond acceptors (Lipinski definition) is 6. The first kappa shape index (κ1) is 19.4. The van der Waals surface area contributed by atoms with Crippen LogP contribution in [-0.4, -0.2) is 17.9 Å². The molecule has 0 saturated carbocycles. The largest absolute Gasteiger partial charge is 0.497 e. The molecule has 0 aliphatic carbocycles. The molecule has 3 rings (SSSR count). The Morgan fingerprint density at radius 1 is 1.14 bits per heavy atom. The summed E-state index contributed by atoms with van der Waals surface area (Å²) in [5, 5.41) is 22.7. The quantitative estimate of drug-likeness (QED) is 0.289. The van der Waals surface area contributed by atoms with E-state index < -0.39 is 10.8 Å². The van der Waals surface area contributed by atoms with E-state index in [2.05, 4.69) is 5.32 Å². The van der Waals surface area contributed by atoms with Crippen LogP contribution in [0.1, 0.15) is 5.76 Å². The molecule has 0 saturated heterocycles. The van der Waals surface area contributed by atoms with Crippen molar-refractivity contribution < 1.29 is 18.9 Å². The number of carbonyl (C=O) groups is 1. The standard InChI is InChI=1S/C21H15N3O5/c1-28-18-8-4-16(5-9-18)23-21(25)15(13-22)12-19-10-11-20(29-19)14-2-6-17(7-3-14)24(26)27/h2-12H,1H3,(H,23,25). The summed E-state index contributed by atoms with van der Waals surface area (Å²) in [6.45, 7) is 0. The molecule has 0 aliphatic rings. The number of rotatable bonds is 6. The Kier molecular flexibility index (Phi) is 5.71. The van der Waals surface area contributed by atoms with Crippen LogP contribution in [0.3, 0.4) is 0 Å². The van der Waals surface area contributed by atoms with Gasteiger partial charge in [0, 0.05) is 29.5 Å². The Balaban J connectivity index is 1.76. The van der Waals surface area contributed by atoms with E-state index in [0.29, 0.717) is 28.5 Å². The number of ether oxygens (including phenoxy) is 1. The van der Waals surface area contributed by atoms with Gasteiger partial charge in [0.05, 0.1) is 12.0 Å². The van der Waals surface area contributed by atoms with Crippen molar-refractivity contribution in [3.05, 3.63) is 82.1 Å². The third-order valence-corrected chi connectivity index (χ3v) is 3.99. The van der Waals surface area contributed by atoms with Gasteiger partial charge >= 0.3 is 0 Å². The van der Waals surface area contributed by atoms with Crippen molar-refractivity contribution in [1.82, 2.24) is 0 Å². The van der Waals surface area contributed by atoms with E-state index in [9.17, 15) is 20.2 Å². The van der Waals surface area contributed by atoms with E-state index >= 15 is 0 Å². The summed E-state index contributed by atoms with van der Waals surface area (Å²) in [6, 6.07) is 17.7. The lowest BCUT2D eigenvalue weighted by Crippen LogP contribution is -2.13. The van der Waals surface area contributed by atoms with Crippen LogP contribution in [-0.2, 0) is 4.79 Å². The fourth-order valence-electron chi connectivity index (χ4n) is 2.50. The zero-order valence-electron chi connectivity index (χ0n) is 15.3. The molecule has 2 aromatic carbocycles. The fourth-order valence-corrected chi connectivity index (χ4v) is 2.50. The molecule has 0 aliphatic heterocycles. The van der Waals surface area contributed by atoms with E-state index in [4.69, 9.17) is 9.15 Å². The first-order valence-corrected chi connectivity index (χ1v) is 8.42. The second-order valence-electron chi connectivity index (χ2n) is 5.86. The molecule has 0 spiro atoms. The molecule has 0 bridgehead atoms. The highest BCUT2D eigenvalue weighted by atomic mass is 16.6. The van der Waals surface area contributed by atoms with Gasteiger partial charge in [0.25, 0.3) is 11.6 Å². The van der Waals surface area contributed by atoms with Crippen LogP contribution >= 0.6 is 0 Å². The number of benzene rings is 2. The van der Waals surface area contributed by atoms with Crippen LogP contribution in [0.2, 0.25) is 0 Å². The molecular weight excluding hydrogens is 374 g/mol. The van der Waals surface area contributed by atoms with E-state index in [1.807, 2.05) is 6.07 Å². The van der Waals surface area contributed by atoms with Gasteiger partial charge in [-0.3, -0.25) is 14.9 Å². The third kappa shape index (κ3) is 4.67. The van der Waals surface area contributed by atoms with Gasteiger partial charge in [0.15, 0.2) is 0 Å². The molecule has 8 heteroatoms. The number of hydrogen-bond donors (Lipinski definition) is 1. The highest BCUT2D eigenvalue weighted by Gasteiger charge is 2.12. The Bertz CT molecular complexity index is 1110. The molecule has 0 unspecified atom stereocenters. The summed E-state index contributed by atoms with van der Waals surface area (Å²) >= 11 is 0. The van der Waals surface area contributed by atoms with Crippen molar-refractivity contribution >= 4 is 23.4 Å². The molecule has 0 fully saturated rings. The van der Waals surface area contributed by atoms with Gasteiger partial charge in [-0.05, 0) is 48.5 Å². The van der Waals surface area contributed by atoms with Crippen LogP contribution in [0, 0.1) is 21.4 Å². The number of non-ortho nitro benzene ring substituents is 1. The number of carbonyl (C=O) groups excluding carboxylic acids is 1. The van der Waals surface area contributed by atoms with E-state index in [1.165, 1.54) is 18.2 Å². The molecule has 29 heavy (non-hydrogen) atoms. The number of methoxy groups -OCH3 is 1. The van der Waals surface area contributed by atoms with Crippen LogP contribution in [0.15, 0.2) is 70.7 Å². The number of furan rings is 1. The van der Waals surface area contributed by atoms with Gasteiger partial charge in [-0.1, -0.05) is 0 Å². The van der Waals surface area contributed by atoms with Gasteiger partial charge in [-0.25, -0.2) is 0 Å². The summed E-state index contributed by atoms with van der Waals surface area (Å²) in [5.41, 5.74) is 0.993. The van der Waals surface area contributed by atoms with Crippen LogP contribution in [0.5, 0.6) is 5.75 Å². The summed E-state index contributed by atoms with van der Waals surface area (Å²) in [4.78, 5) is 22.6. The zero-order chi connectivity index (χ0) is 20.8. The predicted molar refractivity (Wildman–Crippen MR) is 106 cm³/mol.